The number of carbonyl (C=O) groups excluding carboxylic acids is 2. The number of hydrogen-bond donors (Lipinski definition) is 1. The first-order valence-electron chi connectivity index (χ1n) is 11.0. The van der Waals surface area contributed by atoms with E-state index in [1.54, 1.807) is 18.1 Å². The van der Waals surface area contributed by atoms with Gasteiger partial charge in [-0.1, -0.05) is 61.7 Å². The zero-order chi connectivity index (χ0) is 22.2. The number of carbonyl (C=O) groups is 2. The molecule has 1 N–H and O–H groups in total. The van der Waals surface area contributed by atoms with Crippen molar-refractivity contribution in [3.63, 3.8) is 0 Å². The monoisotopic (exact) mass is 442 g/mol. The largest absolute Gasteiger partial charge is 0.497 e. The third kappa shape index (κ3) is 6.23. The molecule has 166 valence electrons. The third-order valence-corrected chi connectivity index (χ3v) is 6.27. The maximum absolute atomic E-state index is 13.4. The molecule has 2 aromatic rings. The average molecular weight is 443 g/mol. The van der Waals surface area contributed by atoms with Crippen molar-refractivity contribution in [1.82, 2.24) is 10.2 Å². The zero-order valence-electron chi connectivity index (χ0n) is 18.3. The van der Waals surface area contributed by atoms with Gasteiger partial charge in [-0.2, -0.15) is 0 Å². The summed E-state index contributed by atoms with van der Waals surface area (Å²) < 4.78 is 5.24. The van der Waals surface area contributed by atoms with Crippen LogP contribution in [0.4, 0.5) is 0 Å². The Morgan fingerprint density at radius 2 is 1.81 bits per heavy atom. The van der Waals surface area contributed by atoms with Crippen LogP contribution in [0.3, 0.4) is 0 Å². The highest BCUT2D eigenvalue weighted by molar-refractivity contribution is 6.31. The van der Waals surface area contributed by atoms with E-state index in [1.165, 1.54) is 0 Å². The molecule has 1 saturated carbocycles. The fraction of sp³-hybridized carbons (Fsp3) is 0.440. The van der Waals surface area contributed by atoms with Crippen molar-refractivity contribution in [2.75, 3.05) is 7.11 Å². The number of nitrogens with one attached hydrogen (secondary N) is 1. The van der Waals surface area contributed by atoms with Crippen molar-refractivity contribution in [2.45, 2.75) is 64.1 Å². The molecule has 2 aromatic carbocycles. The molecule has 0 radical (unpaired) electrons. The van der Waals surface area contributed by atoms with Crippen molar-refractivity contribution in [3.8, 4) is 5.75 Å². The van der Waals surface area contributed by atoms with Crippen LogP contribution in [0.15, 0.2) is 48.5 Å². The van der Waals surface area contributed by atoms with Crippen LogP contribution >= 0.6 is 11.6 Å². The first kappa shape index (κ1) is 23.1. The molecule has 1 aliphatic carbocycles. The minimum absolute atomic E-state index is 0.0737. The summed E-state index contributed by atoms with van der Waals surface area (Å²) in [5.74, 6) is 0.566. The van der Waals surface area contributed by atoms with Crippen LogP contribution in [0.25, 0.3) is 0 Å². The van der Waals surface area contributed by atoms with E-state index in [-0.39, 0.29) is 24.3 Å². The lowest BCUT2D eigenvalue weighted by Crippen LogP contribution is -2.51. The lowest BCUT2D eigenvalue weighted by molar-refractivity contribution is -0.141. The number of hydrogen-bond acceptors (Lipinski definition) is 3. The van der Waals surface area contributed by atoms with Gasteiger partial charge in [-0.05, 0) is 48.6 Å². The van der Waals surface area contributed by atoms with Crippen molar-refractivity contribution < 1.29 is 14.3 Å². The molecule has 0 saturated heterocycles. The molecule has 1 aliphatic rings. The van der Waals surface area contributed by atoms with Gasteiger partial charge in [-0.25, -0.2) is 0 Å². The molecular formula is C25H31ClN2O3. The lowest BCUT2D eigenvalue weighted by Gasteiger charge is -2.31. The number of benzene rings is 2. The highest BCUT2D eigenvalue weighted by Crippen LogP contribution is 2.22. The highest BCUT2D eigenvalue weighted by atomic mass is 35.5. The molecule has 1 atom stereocenters. The maximum Gasteiger partial charge on any atom is 0.243 e. The van der Waals surface area contributed by atoms with Gasteiger partial charge in [-0.15, -0.1) is 0 Å². The van der Waals surface area contributed by atoms with Gasteiger partial charge in [0.05, 0.1) is 13.5 Å². The van der Waals surface area contributed by atoms with Crippen LogP contribution in [-0.2, 0) is 22.6 Å². The Balaban J connectivity index is 1.82. The van der Waals surface area contributed by atoms with E-state index in [0.29, 0.717) is 18.0 Å². The average Bonchev–Trinajstić information content (AvgIpc) is 3.28. The zero-order valence-corrected chi connectivity index (χ0v) is 19.0. The second kappa shape index (κ2) is 11.2. The Hall–Kier alpha value is -2.53. The van der Waals surface area contributed by atoms with Crippen molar-refractivity contribution in [2.24, 2.45) is 0 Å². The Morgan fingerprint density at radius 3 is 2.42 bits per heavy atom. The van der Waals surface area contributed by atoms with Crippen LogP contribution < -0.4 is 10.1 Å². The van der Waals surface area contributed by atoms with E-state index in [0.717, 1.165) is 42.6 Å². The predicted molar refractivity (Wildman–Crippen MR) is 123 cm³/mol. The normalized spacial score (nSPS) is 14.8. The second-order valence-electron chi connectivity index (χ2n) is 8.05. The Morgan fingerprint density at radius 1 is 1.13 bits per heavy atom. The summed E-state index contributed by atoms with van der Waals surface area (Å²) in [6, 6.07) is 14.6. The van der Waals surface area contributed by atoms with Gasteiger partial charge in [0.15, 0.2) is 0 Å². The number of nitrogens with zero attached hydrogens (tertiary/aromatic N) is 1. The molecule has 0 spiro atoms. The van der Waals surface area contributed by atoms with Crippen LogP contribution in [0.5, 0.6) is 5.75 Å². The number of methoxy groups -OCH3 is 1. The minimum Gasteiger partial charge on any atom is -0.497 e. The summed E-state index contributed by atoms with van der Waals surface area (Å²) in [4.78, 5) is 28.2. The summed E-state index contributed by atoms with van der Waals surface area (Å²) >= 11 is 6.29. The molecule has 0 unspecified atom stereocenters. The van der Waals surface area contributed by atoms with Crippen LogP contribution in [0, 0.1) is 0 Å². The summed E-state index contributed by atoms with van der Waals surface area (Å²) in [5.41, 5.74) is 1.71. The van der Waals surface area contributed by atoms with Crippen molar-refractivity contribution in [3.05, 3.63) is 64.7 Å². The molecule has 31 heavy (non-hydrogen) atoms. The molecule has 6 heteroatoms. The smallest absolute Gasteiger partial charge is 0.243 e. The first-order valence-corrected chi connectivity index (χ1v) is 11.4. The molecule has 1 fully saturated rings. The molecule has 5 nitrogen and oxygen atoms in total. The number of rotatable bonds is 9. The summed E-state index contributed by atoms with van der Waals surface area (Å²) in [6.45, 7) is 2.30. The maximum atomic E-state index is 13.4. The van der Waals surface area contributed by atoms with E-state index < -0.39 is 6.04 Å². The molecule has 0 aliphatic heterocycles. The quantitative estimate of drug-likeness (QED) is 0.609. The molecule has 3 rings (SSSR count). The Kier molecular flexibility index (Phi) is 8.35. The number of ether oxygens (including phenoxy) is 1. The third-order valence-electron chi connectivity index (χ3n) is 5.90. The molecular weight excluding hydrogens is 412 g/mol. The van der Waals surface area contributed by atoms with Gasteiger partial charge in [0.25, 0.3) is 0 Å². The first-order chi connectivity index (χ1) is 15.0. The van der Waals surface area contributed by atoms with E-state index >= 15 is 0 Å². The number of amides is 2. The van der Waals surface area contributed by atoms with Crippen molar-refractivity contribution in [1.29, 1.82) is 0 Å². The predicted octanol–water partition coefficient (Wildman–Crippen LogP) is 4.76. The van der Waals surface area contributed by atoms with Gasteiger partial charge in [0.1, 0.15) is 11.8 Å². The van der Waals surface area contributed by atoms with Crippen LogP contribution in [0.2, 0.25) is 5.02 Å². The fourth-order valence-electron chi connectivity index (χ4n) is 4.12. The lowest BCUT2D eigenvalue weighted by atomic mass is 10.1. The molecule has 0 heterocycles. The van der Waals surface area contributed by atoms with E-state index in [4.69, 9.17) is 16.3 Å². The minimum atomic E-state index is -0.530. The number of halogens is 1. The summed E-state index contributed by atoms with van der Waals surface area (Å²) in [5, 5.41) is 3.72. The van der Waals surface area contributed by atoms with Crippen molar-refractivity contribution >= 4 is 23.4 Å². The van der Waals surface area contributed by atoms with Gasteiger partial charge in [0.2, 0.25) is 11.8 Å². The Bertz CT molecular complexity index is 879. The van der Waals surface area contributed by atoms with E-state index in [1.807, 2.05) is 49.4 Å². The van der Waals surface area contributed by atoms with Gasteiger partial charge in [0, 0.05) is 17.6 Å². The Labute approximate surface area is 189 Å². The van der Waals surface area contributed by atoms with E-state index in [9.17, 15) is 9.59 Å². The van der Waals surface area contributed by atoms with Crippen LogP contribution in [-0.4, -0.2) is 35.9 Å². The topological polar surface area (TPSA) is 58.6 Å². The molecule has 2 amide bonds. The molecule has 0 aromatic heterocycles. The van der Waals surface area contributed by atoms with Gasteiger partial charge >= 0.3 is 0 Å². The highest BCUT2D eigenvalue weighted by Gasteiger charge is 2.30. The van der Waals surface area contributed by atoms with Gasteiger partial charge < -0.3 is 15.0 Å². The summed E-state index contributed by atoms with van der Waals surface area (Å²) in [7, 11) is 1.62. The van der Waals surface area contributed by atoms with Gasteiger partial charge in [-0.3, -0.25) is 9.59 Å². The molecule has 0 bridgehead atoms. The standard InChI is InChI=1S/C25H31ClN2O3/c1-3-23(25(30)27-20-9-5-6-10-20)28(17-18-12-14-21(31-2)15-13-18)24(29)16-19-8-4-7-11-22(19)26/h4,7-8,11-15,20,23H,3,5-6,9-10,16-17H2,1-2H3,(H,27,30)/t23-/m1/s1. The SMILES string of the molecule is CC[C@H](C(=O)NC1CCCC1)N(Cc1ccc(OC)cc1)C(=O)Cc1ccccc1Cl. The van der Waals surface area contributed by atoms with E-state index in [2.05, 4.69) is 5.32 Å². The van der Waals surface area contributed by atoms with Crippen LogP contribution in [0.1, 0.15) is 50.2 Å². The summed E-state index contributed by atoms with van der Waals surface area (Å²) in [6.07, 6.45) is 5.00. The fourth-order valence-corrected chi connectivity index (χ4v) is 4.32. The second-order valence-corrected chi connectivity index (χ2v) is 8.46.